The molecule has 1 heterocycles. The van der Waals surface area contributed by atoms with E-state index in [2.05, 4.69) is 19.2 Å². The Hall–Kier alpha value is -0.770. The molecule has 4 heteroatoms. The van der Waals surface area contributed by atoms with Crippen LogP contribution in [-0.2, 0) is 4.74 Å². The Bertz CT molecular complexity index is 331. The molecule has 1 rings (SSSR count). The van der Waals surface area contributed by atoms with Gasteiger partial charge in [0.25, 0.3) is 0 Å². The Kier molecular flexibility index (Phi) is 8.96. The molecule has 0 aromatic heterocycles. The number of carbonyl (C=O) groups is 1. The largest absolute Gasteiger partial charge is 0.444 e. The van der Waals surface area contributed by atoms with E-state index in [0.717, 1.165) is 32.5 Å². The monoisotopic (exact) mass is 326 g/mol. The Morgan fingerprint density at radius 3 is 2.43 bits per heavy atom. The highest BCUT2D eigenvalue weighted by molar-refractivity contribution is 5.68. The van der Waals surface area contributed by atoms with E-state index in [1.807, 2.05) is 25.7 Å². The van der Waals surface area contributed by atoms with Crippen molar-refractivity contribution in [3.63, 3.8) is 0 Å². The van der Waals surface area contributed by atoms with Crippen LogP contribution in [0.3, 0.4) is 0 Å². The molecule has 0 aliphatic carbocycles. The molecule has 0 spiro atoms. The van der Waals surface area contributed by atoms with Gasteiger partial charge in [0.15, 0.2) is 0 Å². The van der Waals surface area contributed by atoms with Crippen molar-refractivity contribution in [3.05, 3.63) is 0 Å². The molecular formula is C19H38N2O2. The highest BCUT2D eigenvalue weighted by atomic mass is 16.6. The number of carbonyl (C=O) groups excluding carboxylic acids is 1. The van der Waals surface area contributed by atoms with Crippen molar-refractivity contribution in [2.24, 2.45) is 5.92 Å². The van der Waals surface area contributed by atoms with E-state index in [0.29, 0.717) is 12.0 Å². The van der Waals surface area contributed by atoms with Crippen molar-refractivity contribution in [1.29, 1.82) is 0 Å². The molecule has 1 fully saturated rings. The van der Waals surface area contributed by atoms with Crippen LogP contribution in [0.5, 0.6) is 0 Å². The average molecular weight is 327 g/mol. The van der Waals surface area contributed by atoms with E-state index < -0.39 is 5.60 Å². The van der Waals surface area contributed by atoms with Gasteiger partial charge >= 0.3 is 6.09 Å². The minimum absolute atomic E-state index is 0.159. The second-order valence-electron chi connectivity index (χ2n) is 8.07. The maximum atomic E-state index is 12.0. The summed E-state index contributed by atoms with van der Waals surface area (Å²) in [5.74, 6) is 0.687. The van der Waals surface area contributed by atoms with Crippen LogP contribution in [0.25, 0.3) is 0 Å². The summed E-state index contributed by atoms with van der Waals surface area (Å²) in [6, 6.07) is 0.607. The predicted octanol–water partition coefficient (Wildman–Crippen LogP) is 4.58. The molecule has 0 saturated carbocycles. The molecular weight excluding hydrogens is 288 g/mol. The summed E-state index contributed by atoms with van der Waals surface area (Å²) in [4.78, 5) is 13.9. The van der Waals surface area contributed by atoms with Crippen LogP contribution in [0.1, 0.15) is 79.6 Å². The summed E-state index contributed by atoms with van der Waals surface area (Å²) in [5, 5.41) is 3.68. The van der Waals surface area contributed by atoms with Gasteiger partial charge in [0.1, 0.15) is 5.60 Å². The number of amides is 1. The summed E-state index contributed by atoms with van der Waals surface area (Å²) < 4.78 is 5.45. The third-order valence-electron chi connectivity index (χ3n) is 4.51. The first-order valence-electron chi connectivity index (χ1n) is 9.53. The zero-order chi connectivity index (χ0) is 17.3. The molecule has 1 aliphatic heterocycles. The van der Waals surface area contributed by atoms with Crippen molar-refractivity contribution < 1.29 is 9.53 Å². The van der Waals surface area contributed by atoms with Gasteiger partial charge in [-0.3, -0.25) is 0 Å². The molecule has 1 atom stereocenters. The first-order chi connectivity index (χ1) is 10.8. The van der Waals surface area contributed by atoms with E-state index in [9.17, 15) is 4.79 Å². The molecule has 4 nitrogen and oxygen atoms in total. The zero-order valence-electron chi connectivity index (χ0n) is 16.0. The molecule has 1 aliphatic rings. The number of nitrogens with zero attached hydrogens (tertiary/aromatic N) is 1. The van der Waals surface area contributed by atoms with Gasteiger partial charge in [0.2, 0.25) is 0 Å². The number of hydrogen-bond acceptors (Lipinski definition) is 3. The number of ether oxygens (including phenoxy) is 1. The maximum Gasteiger partial charge on any atom is 0.410 e. The van der Waals surface area contributed by atoms with E-state index in [4.69, 9.17) is 4.74 Å². The van der Waals surface area contributed by atoms with E-state index in [-0.39, 0.29) is 6.09 Å². The fraction of sp³-hybridized carbons (Fsp3) is 0.947. The molecule has 1 amide bonds. The van der Waals surface area contributed by atoms with Crippen molar-refractivity contribution >= 4 is 6.09 Å². The van der Waals surface area contributed by atoms with Crippen LogP contribution in [0.2, 0.25) is 0 Å². The summed E-state index contributed by atoms with van der Waals surface area (Å²) in [5.41, 5.74) is -0.400. The topological polar surface area (TPSA) is 41.6 Å². The van der Waals surface area contributed by atoms with Crippen LogP contribution in [0.15, 0.2) is 0 Å². The van der Waals surface area contributed by atoms with Crippen LogP contribution >= 0.6 is 0 Å². The van der Waals surface area contributed by atoms with Gasteiger partial charge in [-0.15, -0.1) is 0 Å². The van der Waals surface area contributed by atoms with E-state index >= 15 is 0 Å². The number of hydrogen-bond donors (Lipinski definition) is 1. The summed E-state index contributed by atoms with van der Waals surface area (Å²) in [6.07, 6.45) is 8.62. The van der Waals surface area contributed by atoms with Gasteiger partial charge < -0.3 is 15.0 Å². The van der Waals surface area contributed by atoms with Crippen LogP contribution in [0.4, 0.5) is 4.79 Å². The van der Waals surface area contributed by atoms with E-state index in [1.165, 1.54) is 32.1 Å². The summed E-state index contributed by atoms with van der Waals surface area (Å²) >= 11 is 0. The number of piperidine rings is 1. The molecule has 1 saturated heterocycles. The lowest BCUT2D eigenvalue weighted by molar-refractivity contribution is 0.0183. The van der Waals surface area contributed by atoms with Crippen molar-refractivity contribution in [2.45, 2.75) is 91.2 Å². The lowest BCUT2D eigenvalue weighted by Crippen LogP contribution is -2.44. The molecule has 23 heavy (non-hydrogen) atoms. The number of nitrogens with one attached hydrogen (secondary N) is 1. The van der Waals surface area contributed by atoms with Gasteiger partial charge in [-0.2, -0.15) is 0 Å². The second-order valence-corrected chi connectivity index (χ2v) is 8.07. The highest BCUT2D eigenvalue weighted by Crippen LogP contribution is 2.19. The van der Waals surface area contributed by atoms with Gasteiger partial charge in [-0.25, -0.2) is 4.79 Å². The lowest BCUT2D eigenvalue weighted by Gasteiger charge is -2.34. The molecule has 1 unspecified atom stereocenters. The maximum absolute atomic E-state index is 12.0. The van der Waals surface area contributed by atoms with Gasteiger partial charge in [-0.05, 0) is 59.4 Å². The summed E-state index contributed by atoms with van der Waals surface area (Å²) in [6.45, 7) is 13.0. The quantitative estimate of drug-likeness (QED) is 0.664. The minimum atomic E-state index is -0.400. The number of unbranched alkanes of at least 4 members (excludes halogenated alkanes) is 3. The molecule has 0 aromatic carbocycles. The van der Waals surface area contributed by atoms with Crippen molar-refractivity contribution in [2.75, 3.05) is 19.6 Å². The van der Waals surface area contributed by atoms with Crippen LogP contribution in [-0.4, -0.2) is 42.3 Å². The first kappa shape index (κ1) is 20.3. The Balaban J connectivity index is 2.15. The van der Waals surface area contributed by atoms with Crippen molar-refractivity contribution in [3.8, 4) is 0 Å². The highest BCUT2D eigenvalue weighted by Gasteiger charge is 2.26. The Labute approximate surface area is 143 Å². The predicted molar refractivity (Wildman–Crippen MR) is 96.8 cm³/mol. The van der Waals surface area contributed by atoms with E-state index in [1.54, 1.807) is 0 Å². The fourth-order valence-corrected chi connectivity index (χ4v) is 2.99. The standard InChI is InChI=1S/C19H38N2O2/c1-6-7-8-9-10-16(2)20-15-17-11-13-21(14-12-17)18(22)23-19(3,4)5/h16-17,20H,6-15H2,1-5H3. The fourth-order valence-electron chi connectivity index (χ4n) is 2.99. The smallest absolute Gasteiger partial charge is 0.410 e. The zero-order valence-corrected chi connectivity index (χ0v) is 16.0. The van der Waals surface area contributed by atoms with Gasteiger partial charge in [0.05, 0.1) is 0 Å². The lowest BCUT2D eigenvalue weighted by atomic mass is 9.96. The van der Waals surface area contributed by atoms with Gasteiger partial charge in [0, 0.05) is 19.1 Å². The molecule has 136 valence electrons. The molecule has 0 radical (unpaired) electrons. The van der Waals surface area contributed by atoms with Crippen LogP contribution in [0, 0.1) is 5.92 Å². The van der Waals surface area contributed by atoms with Crippen molar-refractivity contribution in [1.82, 2.24) is 10.2 Å². The second kappa shape index (κ2) is 10.2. The normalized spacial score (nSPS) is 18.0. The van der Waals surface area contributed by atoms with Gasteiger partial charge in [-0.1, -0.05) is 32.6 Å². The number of likely N-dealkylation sites (tertiary alicyclic amines) is 1. The average Bonchev–Trinajstić information content (AvgIpc) is 2.48. The molecule has 0 bridgehead atoms. The first-order valence-corrected chi connectivity index (χ1v) is 9.53. The Morgan fingerprint density at radius 2 is 1.87 bits per heavy atom. The molecule has 0 aromatic rings. The summed E-state index contributed by atoms with van der Waals surface area (Å²) in [7, 11) is 0. The van der Waals surface area contributed by atoms with Crippen LogP contribution < -0.4 is 5.32 Å². The number of rotatable bonds is 8. The molecule has 1 N–H and O–H groups in total. The minimum Gasteiger partial charge on any atom is -0.444 e. The third-order valence-corrected chi connectivity index (χ3v) is 4.51. The third kappa shape index (κ3) is 9.19. The Morgan fingerprint density at radius 1 is 1.22 bits per heavy atom. The SMILES string of the molecule is CCCCCCC(C)NCC1CCN(C(=O)OC(C)(C)C)CC1.